The lowest BCUT2D eigenvalue weighted by Gasteiger charge is -2.29. The van der Waals surface area contributed by atoms with Crippen LogP contribution in [0.1, 0.15) is 22.3 Å². The number of hydrogen-bond acceptors (Lipinski definition) is 7. The van der Waals surface area contributed by atoms with Crippen molar-refractivity contribution in [3.05, 3.63) is 128 Å². The summed E-state index contributed by atoms with van der Waals surface area (Å²) in [5, 5.41) is 12.7. The van der Waals surface area contributed by atoms with Gasteiger partial charge in [0.05, 0.1) is 6.61 Å². The molecule has 12 heteroatoms. The summed E-state index contributed by atoms with van der Waals surface area (Å²) in [5.41, 5.74) is 1.25. The van der Waals surface area contributed by atoms with Gasteiger partial charge in [-0.15, -0.1) is 5.56 Å². The number of aliphatic carboxylic acids is 1. The second kappa shape index (κ2) is 15.1. The van der Waals surface area contributed by atoms with Crippen LogP contribution >= 0.6 is 0 Å². The molecule has 0 aliphatic rings. The highest BCUT2D eigenvalue weighted by atomic mass is 16.5. The Hall–Kier alpha value is -5.52. The van der Waals surface area contributed by atoms with Gasteiger partial charge in [-0.05, 0) is 30.2 Å². The topological polar surface area (TPSA) is 160 Å². The largest absolute Gasteiger partial charge is 0.491 e. The second-order valence-corrected chi connectivity index (χ2v) is 10.1. The third-order valence-electron chi connectivity index (χ3n) is 6.80. The molecule has 1 unspecified atom stereocenters. The molecule has 3 aromatic carbocycles. The fourth-order valence-electron chi connectivity index (χ4n) is 4.43. The van der Waals surface area contributed by atoms with Crippen LogP contribution in [0.3, 0.4) is 0 Å². The smallest absolute Gasteiger partial charge is 0.407 e. The Bertz CT molecular complexity index is 1660. The molecule has 44 heavy (non-hydrogen) atoms. The molecule has 2 amide bonds. The number of hydrogen-bond donors (Lipinski definition) is 3. The summed E-state index contributed by atoms with van der Waals surface area (Å²) >= 11 is 0. The molecule has 1 aromatic heterocycles. The van der Waals surface area contributed by atoms with E-state index in [2.05, 4.69) is 10.3 Å². The number of rotatable bonds is 14. The standard InChI is InChI=1S/C32H33N4O8/c1-22-18-35(31(41)34-29(22)38)19-28(37)36(16-15-33-32(42)44-21-25-7-3-2-4-8-25)27(30(39)40)17-23-11-13-26(14-12-23)43-20-24-9-5-6-10-24/h2-14,18,27H,15-17,19-21H2,1H3,(H,33,42)(H,39,40)(H,34,38,41)/q-1. The van der Waals surface area contributed by atoms with E-state index in [0.717, 1.165) is 20.6 Å². The molecular weight excluding hydrogens is 568 g/mol. The number of aromatic nitrogens is 2. The van der Waals surface area contributed by atoms with E-state index in [1.54, 1.807) is 36.4 Å². The Morgan fingerprint density at radius 2 is 1.75 bits per heavy atom. The maximum atomic E-state index is 13.5. The van der Waals surface area contributed by atoms with Crippen molar-refractivity contribution in [1.82, 2.24) is 19.8 Å². The highest BCUT2D eigenvalue weighted by Gasteiger charge is 2.30. The monoisotopic (exact) mass is 601 g/mol. The number of alkyl carbamates (subject to hydrolysis) is 1. The fourth-order valence-corrected chi connectivity index (χ4v) is 4.43. The van der Waals surface area contributed by atoms with E-state index in [4.69, 9.17) is 9.47 Å². The molecule has 230 valence electrons. The fraction of sp³-hybridized carbons (Fsp3) is 0.250. The summed E-state index contributed by atoms with van der Waals surface area (Å²) in [5.74, 6) is -1.37. The van der Waals surface area contributed by atoms with Crippen molar-refractivity contribution >= 4 is 18.0 Å². The zero-order valence-corrected chi connectivity index (χ0v) is 24.1. The molecule has 0 saturated carbocycles. The number of carboxylic acid groups (broad SMARTS) is 1. The Morgan fingerprint density at radius 1 is 1.00 bits per heavy atom. The zero-order chi connectivity index (χ0) is 31.5. The van der Waals surface area contributed by atoms with Crippen molar-refractivity contribution in [2.24, 2.45) is 0 Å². The van der Waals surface area contributed by atoms with Crippen molar-refractivity contribution in [3.63, 3.8) is 0 Å². The number of nitrogens with zero attached hydrogens (tertiary/aromatic N) is 2. The van der Waals surface area contributed by atoms with Gasteiger partial charge in [-0.2, -0.15) is 12.1 Å². The van der Waals surface area contributed by atoms with E-state index >= 15 is 0 Å². The lowest BCUT2D eigenvalue weighted by Crippen LogP contribution is -2.51. The van der Waals surface area contributed by atoms with Crippen LogP contribution in [0.15, 0.2) is 94.6 Å². The molecule has 3 N–H and O–H groups in total. The van der Waals surface area contributed by atoms with Gasteiger partial charge in [-0.3, -0.25) is 19.1 Å². The van der Waals surface area contributed by atoms with Crippen LogP contribution in [0, 0.1) is 6.92 Å². The molecule has 4 rings (SSSR count). The number of carbonyl (C=O) groups is 3. The predicted octanol–water partition coefficient (Wildman–Crippen LogP) is 2.59. The van der Waals surface area contributed by atoms with E-state index in [9.17, 15) is 29.1 Å². The molecule has 0 radical (unpaired) electrons. The number of carboxylic acids is 1. The minimum Gasteiger partial charge on any atom is -0.491 e. The molecule has 0 fully saturated rings. The first kappa shape index (κ1) is 31.4. The summed E-state index contributed by atoms with van der Waals surface area (Å²) in [6.45, 7) is 1.08. The number of benzene rings is 2. The Kier molecular flexibility index (Phi) is 10.8. The molecule has 0 aliphatic carbocycles. The molecule has 1 heterocycles. The molecule has 0 saturated heterocycles. The lowest BCUT2D eigenvalue weighted by molar-refractivity contribution is -0.150. The van der Waals surface area contributed by atoms with E-state index in [1.807, 2.05) is 42.5 Å². The number of aryl methyl sites for hydroxylation is 1. The van der Waals surface area contributed by atoms with Crippen molar-refractivity contribution in [3.8, 4) is 5.75 Å². The number of nitrogens with one attached hydrogen (secondary N) is 2. The Labute approximate surface area is 252 Å². The van der Waals surface area contributed by atoms with Gasteiger partial charge in [0, 0.05) is 31.3 Å². The van der Waals surface area contributed by atoms with E-state index in [-0.39, 0.29) is 31.7 Å². The molecule has 0 bridgehead atoms. The Balaban J connectivity index is 1.46. The summed E-state index contributed by atoms with van der Waals surface area (Å²) < 4.78 is 12.0. The number of H-pyrrole nitrogens is 1. The Morgan fingerprint density at radius 3 is 2.43 bits per heavy atom. The van der Waals surface area contributed by atoms with Gasteiger partial charge >= 0.3 is 17.8 Å². The van der Waals surface area contributed by atoms with Crippen LogP contribution < -0.4 is 21.3 Å². The van der Waals surface area contributed by atoms with E-state index in [1.165, 1.54) is 13.1 Å². The SMILES string of the molecule is Cc1cn(CC(=O)N(CCNC(=O)OCc2ccccc2)C(Cc2ccc(OCc3ccc[cH-]3)cc2)C(=O)O)c(=O)[nH]c1=O. The molecule has 0 spiro atoms. The molecular formula is C32H33N4O8-. The van der Waals surface area contributed by atoms with Crippen molar-refractivity contribution < 1.29 is 29.0 Å². The maximum absolute atomic E-state index is 13.5. The van der Waals surface area contributed by atoms with Crippen LogP contribution in [0.4, 0.5) is 4.79 Å². The molecule has 12 nitrogen and oxygen atoms in total. The number of carbonyl (C=O) groups excluding carboxylic acids is 2. The number of ether oxygens (including phenoxy) is 2. The highest BCUT2D eigenvalue weighted by Crippen LogP contribution is 2.17. The summed E-state index contributed by atoms with van der Waals surface area (Å²) in [7, 11) is 0. The van der Waals surface area contributed by atoms with Crippen LogP contribution in [-0.2, 0) is 40.5 Å². The van der Waals surface area contributed by atoms with Crippen LogP contribution in [0.5, 0.6) is 5.75 Å². The summed E-state index contributed by atoms with van der Waals surface area (Å²) in [6, 6.07) is 22.3. The van der Waals surface area contributed by atoms with Gasteiger partial charge < -0.3 is 24.8 Å². The van der Waals surface area contributed by atoms with Gasteiger partial charge in [0.1, 0.15) is 24.9 Å². The summed E-state index contributed by atoms with van der Waals surface area (Å²) in [4.78, 5) is 65.6. The molecule has 0 aliphatic heterocycles. The number of amides is 2. The van der Waals surface area contributed by atoms with E-state index < -0.39 is 41.8 Å². The minimum atomic E-state index is -1.33. The third kappa shape index (κ3) is 8.99. The van der Waals surface area contributed by atoms with Crippen molar-refractivity contribution in [1.29, 1.82) is 0 Å². The number of aromatic amines is 1. The van der Waals surface area contributed by atoms with Crippen LogP contribution in [-0.4, -0.2) is 56.7 Å². The molecule has 4 aromatic rings. The van der Waals surface area contributed by atoms with Crippen molar-refractivity contribution in [2.45, 2.75) is 39.1 Å². The average Bonchev–Trinajstić information content (AvgIpc) is 3.54. The lowest BCUT2D eigenvalue weighted by atomic mass is 10.0. The third-order valence-corrected chi connectivity index (χ3v) is 6.80. The second-order valence-electron chi connectivity index (χ2n) is 10.1. The van der Waals surface area contributed by atoms with E-state index in [0.29, 0.717) is 17.9 Å². The maximum Gasteiger partial charge on any atom is 0.407 e. The van der Waals surface area contributed by atoms with Gasteiger partial charge in [0.2, 0.25) is 5.91 Å². The van der Waals surface area contributed by atoms with Gasteiger partial charge in [0.15, 0.2) is 0 Å². The average molecular weight is 602 g/mol. The minimum absolute atomic E-state index is 0.0357. The highest BCUT2D eigenvalue weighted by molar-refractivity contribution is 5.84. The zero-order valence-electron chi connectivity index (χ0n) is 24.1. The molecule has 1 atom stereocenters. The van der Waals surface area contributed by atoms with Crippen molar-refractivity contribution in [2.75, 3.05) is 13.1 Å². The first-order chi connectivity index (χ1) is 21.2. The van der Waals surface area contributed by atoms with Gasteiger partial charge in [-0.1, -0.05) is 42.5 Å². The normalized spacial score (nSPS) is 11.4. The van der Waals surface area contributed by atoms with Gasteiger partial charge in [-0.25, -0.2) is 26.5 Å². The first-order valence-corrected chi connectivity index (χ1v) is 13.9. The summed E-state index contributed by atoms with van der Waals surface area (Å²) in [6.07, 6.45) is 0.445. The quantitative estimate of drug-likeness (QED) is 0.186. The van der Waals surface area contributed by atoms with Gasteiger partial charge in [0.25, 0.3) is 5.56 Å². The first-order valence-electron chi connectivity index (χ1n) is 13.9. The van der Waals surface area contributed by atoms with Crippen LogP contribution in [0.25, 0.3) is 0 Å². The predicted molar refractivity (Wildman–Crippen MR) is 160 cm³/mol. The van der Waals surface area contributed by atoms with Crippen LogP contribution in [0.2, 0.25) is 0 Å².